The van der Waals surface area contributed by atoms with Gasteiger partial charge < -0.3 is 0 Å². The number of anilines is 1. The normalized spacial score (nSPS) is 15.6. The van der Waals surface area contributed by atoms with Gasteiger partial charge in [0.25, 0.3) is 0 Å². The Hall–Kier alpha value is -1.85. The number of nitrogens with zero attached hydrogens (tertiary/aromatic N) is 1. The molecule has 104 valence electrons. The number of nitrogens with one attached hydrogen (secondary N) is 1. The Bertz CT molecular complexity index is 699. The molecular weight excluding hydrogens is 272 g/mol. The van der Waals surface area contributed by atoms with E-state index in [-0.39, 0.29) is 0 Å². The third-order valence-corrected chi connectivity index (χ3v) is 4.94. The molecule has 4 nitrogen and oxygen atoms in total. The second-order valence-corrected chi connectivity index (χ2v) is 6.50. The Morgan fingerprint density at radius 2 is 1.55 bits per heavy atom. The van der Waals surface area contributed by atoms with Crippen molar-refractivity contribution in [3.05, 3.63) is 65.7 Å². The summed E-state index contributed by atoms with van der Waals surface area (Å²) in [7, 11) is -3.50. The summed E-state index contributed by atoms with van der Waals surface area (Å²) in [5, 5.41) is 0. The van der Waals surface area contributed by atoms with E-state index in [1.807, 2.05) is 36.4 Å². The molecule has 0 aliphatic carbocycles. The van der Waals surface area contributed by atoms with Crippen LogP contribution in [-0.4, -0.2) is 19.3 Å². The minimum Gasteiger partial charge on any atom is -0.271 e. The highest BCUT2D eigenvalue weighted by Crippen LogP contribution is 2.21. The van der Waals surface area contributed by atoms with Crippen molar-refractivity contribution in [2.45, 2.75) is 13.0 Å². The lowest BCUT2D eigenvalue weighted by molar-refractivity contribution is 0.394. The third-order valence-electron chi connectivity index (χ3n) is 3.46. The molecule has 0 saturated heterocycles. The molecular formula is C15H16N2O2S. The molecule has 1 heterocycles. The van der Waals surface area contributed by atoms with Crippen molar-refractivity contribution in [1.82, 2.24) is 4.31 Å². The zero-order chi connectivity index (χ0) is 14.0. The molecule has 2 aromatic rings. The molecule has 0 amide bonds. The maximum Gasteiger partial charge on any atom is 0.301 e. The van der Waals surface area contributed by atoms with Gasteiger partial charge in [0.2, 0.25) is 0 Å². The highest BCUT2D eigenvalue weighted by Gasteiger charge is 2.26. The maximum absolute atomic E-state index is 12.4. The molecule has 0 bridgehead atoms. The van der Waals surface area contributed by atoms with Gasteiger partial charge in [0.05, 0.1) is 0 Å². The standard InChI is InChI=1S/C15H16N2O2S/c18-20(19,16-15-8-2-1-3-9-15)17-11-10-13-6-4-5-7-14(13)12-17/h1-9,16H,10-12H2. The van der Waals surface area contributed by atoms with Crippen LogP contribution in [0.3, 0.4) is 0 Å². The molecule has 0 aromatic heterocycles. The Kier molecular flexibility index (Phi) is 3.46. The van der Waals surface area contributed by atoms with Gasteiger partial charge in [0.1, 0.15) is 0 Å². The average molecular weight is 288 g/mol. The van der Waals surface area contributed by atoms with Crippen molar-refractivity contribution >= 4 is 15.9 Å². The molecule has 2 aromatic carbocycles. The van der Waals surface area contributed by atoms with Crippen LogP contribution in [-0.2, 0) is 23.2 Å². The first kappa shape index (κ1) is 13.1. The van der Waals surface area contributed by atoms with Crippen LogP contribution in [0.4, 0.5) is 5.69 Å². The van der Waals surface area contributed by atoms with E-state index in [9.17, 15) is 8.42 Å². The fraction of sp³-hybridized carbons (Fsp3) is 0.200. The van der Waals surface area contributed by atoms with Crippen LogP contribution >= 0.6 is 0 Å². The Balaban J connectivity index is 1.80. The quantitative estimate of drug-likeness (QED) is 0.943. The van der Waals surface area contributed by atoms with Gasteiger partial charge >= 0.3 is 10.2 Å². The molecule has 0 fully saturated rings. The molecule has 20 heavy (non-hydrogen) atoms. The summed E-state index contributed by atoms with van der Waals surface area (Å²) in [6.07, 6.45) is 0.756. The number of fused-ring (bicyclic) bond motifs is 1. The second kappa shape index (κ2) is 5.26. The van der Waals surface area contributed by atoms with Crippen molar-refractivity contribution in [1.29, 1.82) is 0 Å². The molecule has 0 unspecified atom stereocenters. The maximum atomic E-state index is 12.4. The second-order valence-electron chi connectivity index (χ2n) is 4.83. The molecule has 0 saturated carbocycles. The highest BCUT2D eigenvalue weighted by molar-refractivity contribution is 7.90. The predicted octanol–water partition coefficient (Wildman–Crippen LogP) is 2.40. The third kappa shape index (κ3) is 2.69. The Morgan fingerprint density at radius 3 is 2.30 bits per heavy atom. The van der Waals surface area contributed by atoms with Crippen LogP contribution in [0.1, 0.15) is 11.1 Å². The van der Waals surface area contributed by atoms with Gasteiger partial charge in [-0.3, -0.25) is 4.72 Å². The molecule has 3 rings (SSSR count). The Morgan fingerprint density at radius 1 is 0.900 bits per heavy atom. The van der Waals surface area contributed by atoms with Gasteiger partial charge in [0.15, 0.2) is 0 Å². The number of hydrogen-bond donors (Lipinski definition) is 1. The smallest absolute Gasteiger partial charge is 0.271 e. The van der Waals surface area contributed by atoms with Crippen LogP contribution in [0.15, 0.2) is 54.6 Å². The minimum absolute atomic E-state index is 0.429. The largest absolute Gasteiger partial charge is 0.301 e. The van der Waals surface area contributed by atoms with E-state index >= 15 is 0 Å². The van der Waals surface area contributed by atoms with E-state index in [1.165, 1.54) is 9.87 Å². The first-order valence-corrected chi connectivity index (χ1v) is 7.99. The molecule has 1 aliphatic rings. The van der Waals surface area contributed by atoms with E-state index in [2.05, 4.69) is 10.8 Å². The summed E-state index contributed by atoms with van der Waals surface area (Å²) in [5.74, 6) is 0. The number of hydrogen-bond acceptors (Lipinski definition) is 2. The first-order chi connectivity index (χ1) is 9.65. The average Bonchev–Trinajstić information content (AvgIpc) is 2.47. The first-order valence-electron chi connectivity index (χ1n) is 6.55. The number of para-hydroxylation sites is 1. The van der Waals surface area contributed by atoms with Crippen molar-refractivity contribution in [2.75, 3.05) is 11.3 Å². The van der Waals surface area contributed by atoms with E-state index in [0.717, 1.165) is 12.0 Å². The van der Waals surface area contributed by atoms with E-state index in [1.54, 1.807) is 12.1 Å². The van der Waals surface area contributed by atoms with Gasteiger partial charge in [-0.15, -0.1) is 0 Å². The minimum atomic E-state index is -3.50. The van der Waals surface area contributed by atoms with Crippen LogP contribution in [0.25, 0.3) is 0 Å². The van der Waals surface area contributed by atoms with Crippen LogP contribution in [0.2, 0.25) is 0 Å². The van der Waals surface area contributed by atoms with Crippen LogP contribution < -0.4 is 4.72 Å². The van der Waals surface area contributed by atoms with Crippen molar-refractivity contribution in [2.24, 2.45) is 0 Å². The SMILES string of the molecule is O=S(=O)(Nc1ccccc1)N1CCc2ccccc2C1. The molecule has 1 N–H and O–H groups in total. The zero-order valence-corrected chi connectivity index (χ0v) is 11.8. The topological polar surface area (TPSA) is 49.4 Å². The van der Waals surface area contributed by atoms with Crippen LogP contribution in [0, 0.1) is 0 Å². The predicted molar refractivity (Wildman–Crippen MR) is 79.5 cm³/mol. The van der Waals surface area contributed by atoms with Crippen molar-refractivity contribution in [3.63, 3.8) is 0 Å². The summed E-state index contributed by atoms with van der Waals surface area (Å²) in [6.45, 7) is 0.942. The van der Waals surface area contributed by atoms with Crippen LogP contribution in [0.5, 0.6) is 0 Å². The summed E-state index contributed by atoms with van der Waals surface area (Å²) < 4.78 is 28.9. The fourth-order valence-corrected chi connectivity index (χ4v) is 3.60. The number of rotatable bonds is 3. The van der Waals surface area contributed by atoms with Gasteiger partial charge in [-0.25, -0.2) is 0 Å². The van der Waals surface area contributed by atoms with Crippen molar-refractivity contribution < 1.29 is 8.42 Å². The highest BCUT2D eigenvalue weighted by atomic mass is 32.2. The lowest BCUT2D eigenvalue weighted by atomic mass is 10.0. The number of benzene rings is 2. The fourth-order valence-electron chi connectivity index (χ4n) is 2.39. The molecule has 1 aliphatic heterocycles. The summed E-state index contributed by atoms with van der Waals surface area (Å²) in [4.78, 5) is 0. The van der Waals surface area contributed by atoms with Gasteiger partial charge in [0, 0.05) is 18.8 Å². The molecule has 0 spiro atoms. The zero-order valence-electron chi connectivity index (χ0n) is 11.0. The van der Waals surface area contributed by atoms with Gasteiger partial charge in [-0.1, -0.05) is 42.5 Å². The van der Waals surface area contributed by atoms with E-state index in [4.69, 9.17) is 0 Å². The monoisotopic (exact) mass is 288 g/mol. The summed E-state index contributed by atoms with van der Waals surface area (Å²) in [5.41, 5.74) is 2.90. The summed E-state index contributed by atoms with van der Waals surface area (Å²) >= 11 is 0. The van der Waals surface area contributed by atoms with E-state index < -0.39 is 10.2 Å². The van der Waals surface area contributed by atoms with Gasteiger partial charge in [-0.05, 0) is 29.7 Å². The van der Waals surface area contributed by atoms with Crippen molar-refractivity contribution in [3.8, 4) is 0 Å². The molecule has 0 atom stereocenters. The summed E-state index contributed by atoms with van der Waals surface area (Å²) in [6, 6.07) is 16.9. The van der Waals surface area contributed by atoms with E-state index in [0.29, 0.717) is 18.8 Å². The van der Waals surface area contributed by atoms with Gasteiger partial charge in [-0.2, -0.15) is 12.7 Å². The molecule has 0 radical (unpaired) electrons. The molecule has 5 heteroatoms. The Labute approximate surface area is 119 Å². The lowest BCUT2D eigenvalue weighted by Gasteiger charge is -2.28. The lowest BCUT2D eigenvalue weighted by Crippen LogP contribution is -2.39.